The highest BCUT2D eigenvalue weighted by Gasteiger charge is 2.38. The molecule has 4 aliphatic rings. The molecule has 0 saturated carbocycles. The largest absolute Gasteiger partial charge is 0.486 e. The Hall–Kier alpha value is -5.58. The van der Waals surface area contributed by atoms with Gasteiger partial charge in [0.1, 0.15) is 23.4 Å². The van der Waals surface area contributed by atoms with Gasteiger partial charge in [-0.05, 0) is 70.8 Å². The molecule has 11 heteroatoms. The molecule has 0 radical (unpaired) electrons. The molecule has 0 unspecified atom stereocenters. The summed E-state index contributed by atoms with van der Waals surface area (Å²) in [6, 6.07) is 23.2. The summed E-state index contributed by atoms with van der Waals surface area (Å²) >= 11 is 0. The van der Waals surface area contributed by atoms with Crippen LogP contribution >= 0.6 is 0 Å². The number of hydrogen-bond donors (Lipinski definition) is 2. The maximum Gasteiger partial charge on any atom is 0.258 e. The van der Waals surface area contributed by atoms with Crippen molar-refractivity contribution < 1.29 is 37.7 Å². The van der Waals surface area contributed by atoms with Crippen molar-refractivity contribution in [2.75, 3.05) is 26.5 Å². The van der Waals surface area contributed by atoms with E-state index in [0.717, 1.165) is 11.1 Å². The Morgan fingerprint density at radius 2 is 1.67 bits per heavy atom. The maximum absolute atomic E-state index is 15.1. The molecule has 2 N–H and O–H groups in total. The molecule has 1 fully saturated rings. The van der Waals surface area contributed by atoms with Gasteiger partial charge >= 0.3 is 0 Å². The van der Waals surface area contributed by atoms with Crippen LogP contribution in [0.25, 0.3) is 11.1 Å². The Balaban J connectivity index is 1.17. The van der Waals surface area contributed by atoms with E-state index >= 15 is 4.39 Å². The molecule has 46 heavy (non-hydrogen) atoms. The third kappa shape index (κ3) is 6.30. The van der Waals surface area contributed by atoms with Gasteiger partial charge in [0.2, 0.25) is 12.7 Å². The summed E-state index contributed by atoms with van der Waals surface area (Å²) in [6.07, 6.45) is -0.495. The van der Waals surface area contributed by atoms with Gasteiger partial charge in [-0.3, -0.25) is 14.4 Å². The van der Waals surface area contributed by atoms with Crippen molar-refractivity contribution >= 4 is 17.7 Å². The third-order valence-electron chi connectivity index (χ3n) is 8.18. The molecular weight excluding hydrogens is 593 g/mol. The highest BCUT2D eigenvalue weighted by Crippen LogP contribution is 2.33. The number of carbonyl (C=O) groups is 3. The summed E-state index contributed by atoms with van der Waals surface area (Å²) in [5.74, 6) is 0.438. The third-order valence-corrected chi connectivity index (χ3v) is 8.18. The molecule has 0 aromatic heterocycles. The second kappa shape index (κ2) is 12.4. The number of halogens is 1. The lowest BCUT2D eigenvalue weighted by Gasteiger charge is -2.21. The van der Waals surface area contributed by atoms with Crippen LogP contribution in [0.1, 0.15) is 21.5 Å². The minimum atomic E-state index is -0.686. The quantitative estimate of drug-likeness (QED) is 0.349. The Morgan fingerprint density at radius 1 is 0.848 bits per heavy atom. The molecule has 1 saturated heterocycles. The average molecular weight is 624 g/mol. The normalized spacial score (nSPS) is 18.9. The van der Waals surface area contributed by atoms with E-state index in [1.807, 2.05) is 24.3 Å². The van der Waals surface area contributed by atoms with E-state index in [-0.39, 0.29) is 50.3 Å². The van der Waals surface area contributed by atoms with Gasteiger partial charge in [0.25, 0.3) is 11.8 Å². The maximum atomic E-state index is 15.1. The van der Waals surface area contributed by atoms with Crippen molar-refractivity contribution in [1.82, 2.24) is 15.5 Å². The number of hydrogen-bond acceptors (Lipinski definition) is 7. The van der Waals surface area contributed by atoms with E-state index in [4.69, 9.17) is 18.9 Å². The number of likely N-dealkylation sites (tertiary alicyclic amines) is 1. The van der Waals surface area contributed by atoms with Crippen LogP contribution in [-0.4, -0.2) is 61.3 Å². The molecule has 0 aliphatic carbocycles. The first-order chi connectivity index (χ1) is 22.4. The fraction of sp³-hybridized carbons (Fsp3) is 0.229. The van der Waals surface area contributed by atoms with Gasteiger partial charge in [0.15, 0.2) is 18.1 Å². The first kappa shape index (κ1) is 29.1. The molecule has 4 heterocycles. The van der Waals surface area contributed by atoms with E-state index in [1.54, 1.807) is 53.4 Å². The van der Waals surface area contributed by atoms with Crippen LogP contribution in [0.15, 0.2) is 84.9 Å². The molecule has 4 aliphatic heterocycles. The zero-order valence-electron chi connectivity index (χ0n) is 24.7. The Morgan fingerprint density at radius 3 is 2.54 bits per heavy atom. The van der Waals surface area contributed by atoms with Gasteiger partial charge in [0.05, 0.1) is 24.6 Å². The zero-order valence-corrected chi connectivity index (χ0v) is 24.7. The molecule has 4 aromatic carbocycles. The van der Waals surface area contributed by atoms with Crippen molar-refractivity contribution in [3.8, 4) is 34.1 Å². The molecule has 2 atom stereocenters. The summed E-state index contributed by atoms with van der Waals surface area (Å²) < 4.78 is 37.9. The standard InChI is InChI=1S/C35H30FN3O7/c36-28-10-7-24-15-27(28)35(42)38-29-17-39(34(41)13-22-6-11-30-31(12-22)45-20-44-30)18-32(29)46-25-8-4-21(5-9-25)16-37-33(40)19-43-26-3-1-2-23(24)14-26/h1-12,14-15,29,32H,13,16-20H2,(H,37,40)(H,38,42)/t29-,32-/m0/s1. The number of rotatable bonds is 2. The second-order valence-electron chi connectivity index (χ2n) is 11.3. The number of ether oxygens (including phenoxy) is 4. The number of benzene rings is 4. The number of amides is 3. The predicted octanol–water partition coefficient (Wildman–Crippen LogP) is 3.86. The number of fused-ring (bicyclic) bond motifs is 8. The smallest absolute Gasteiger partial charge is 0.258 e. The van der Waals surface area contributed by atoms with E-state index in [9.17, 15) is 14.4 Å². The Bertz CT molecular complexity index is 1810. The fourth-order valence-electron chi connectivity index (χ4n) is 5.72. The van der Waals surface area contributed by atoms with Crippen LogP contribution in [0.3, 0.4) is 0 Å². The van der Waals surface area contributed by atoms with Gasteiger partial charge < -0.3 is 34.5 Å². The van der Waals surface area contributed by atoms with Crippen molar-refractivity contribution in [2.24, 2.45) is 0 Å². The SMILES string of the molecule is O=C1COc2cccc(c2)-c2ccc(F)c(c2)C(=O)N[C@H]2CN(C(=O)Cc3ccc4c(c3)OCO4)C[C@@H]2Oc2ccc(cc2)CN1. The van der Waals surface area contributed by atoms with Crippen molar-refractivity contribution in [3.63, 3.8) is 0 Å². The Kier molecular flexibility index (Phi) is 7.88. The molecule has 8 rings (SSSR count). The summed E-state index contributed by atoms with van der Waals surface area (Å²) in [6.45, 7) is 0.630. The zero-order chi connectivity index (χ0) is 31.6. The molecule has 0 spiro atoms. The minimum Gasteiger partial charge on any atom is -0.486 e. The van der Waals surface area contributed by atoms with Crippen molar-refractivity contribution in [2.45, 2.75) is 25.1 Å². The topological polar surface area (TPSA) is 115 Å². The fourth-order valence-corrected chi connectivity index (χ4v) is 5.72. The lowest BCUT2D eigenvalue weighted by Crippen LogP contribution is -2.45. The Labute approximate surface area is 264 Å². The molecule has 6 bridgehead atoms. The molecule has 4 aromatic rings. The molecular formula is C35H30FN3O7. The molecule has 10 nitrogen and oxygen atoms in total. The van der Waals surface area contributed by atoms with Crippen LogP contribution in [0, 0.1) is 5.82 Å². The lowest BCUT2D eigenvalue weighted by atomic mass is 10.0. The van der Waals surface area contributed by atoms with Crippen LogP contribution < -0.4 is 29.6 Å². The van der Waals surface area contributed by atoms with E-state index in [2.05, 4.69) is 10.6 Å². The highest BCUT2D eigenvalue weighted by molar-refractivity contribution is 5.96. The molecule has 234 valence electrons. The van der Waals surface area contributed by atoms with Crippen LogP contribution in [0.4, 0.5) is 4.39 Å². The van der Waals surface area contributed by atoms with Gasteiger partial charge in [-0.15, -0.1) is 0 Å². The van der Waals surface area contributed by atoms with Crippen molar-refractivity contribution in [1.29, 1.82) is 0 Å². The summed E-state index contributed by atoms with van der Waals surface area (Å²) in [7, 11) is 0. The van der Waals surface area contributed by atoms with E-state index in [0.29, 0.717) is 40.7 Å². The van der Waals surface area contributed by atoms with Gasteiger partial charge in [0, 0.05) is 13.1 Å². The first-order valence-corrected chi connectivity index (χ1v) is 14.9. The van der Waals surface area contributed by atoms with Gasteiger partial charge in [-0.2, -0.15) is 0 Å². The van der Waals surface area contributed by atoms with Crippen molar-refractivity contribution in [3.05, 3.63) is 107 Å². The average Bonchev–Trinajstić information content (AvgIpc) is 3.70. The first-order valence-electron chi connectivity index (χ1n) is 14.9. The lowest BCUT2D eigenvalue weighted by molar-refractivity contribution is -0.129. The van der Waals surface area contributed by atoms with Gasteiger partial charge in [-0.25, -0.2) is 4.39 Å². The van der Waals surface area contributed by atoms with E-state index in [1.165, 1.54) is 12.1 Å². The highest BCUT2D eigenvalue weighted by atomic mass is 19.1. The van der Waals surface area contributed by atoms with Crippen LogP contribution in [-0.2, 0) is 22.6 Å². The predicted molar refractivity (Wildman–Crippen MR) is 164 cm³/mol. The van der Waals surface area contributed by atoms with Crippen LogP contribution in [0.2, 0.25) is 0 Å². The summed E-state index contributed by atoms with van der Waals surface area (Å²) in [5, 5.41) is 5.77. The molecule has 3 amide bonds. The van der Waals surface area contributed by atoms with Gasteiger partial charge in [-0.1, -0.05) is 36.4 Å². The summed E-state index contributed by atoms with van der Waals surface area (Å²) in [4.78, 5) is 41.1. The monoisotopic (exact) mass is 623 g/mol. The number of carbonyl (C=O) groups excluding carboxylic acids is 3. The summed E-state index contributed by atoms with van der Waals surface area (Å²) in [5.41, 5.74) is 2.74. The minimum absolute atomic E-state index is 0.115. The van der Waals surface area contributed by atoms with Crippen LogP contribution in [0.5, 0.6) is 23.0 Å². The second-order valence-corrected chi connectivity index (χ2v) is 11.3. The number of nitrogens with zero attached hydrogens (tertiary/aromatic N) is 1. The number of nitrogens with one attached hydrogen (secondary N) is 2. The van der Waals surface area contributed by atoms with E-state index < -0.39 is 23.9 Å².